The summed E-state index contributed by atoms with van der Waals surface area (Å²) in [4.78, 5) is 0. The molecule has 0 aromatic carbocycles. The monoisotopic (exact) mass is 1750 g/mol. The van der Waals surface area contributed by atoms with E-state index in [9.17, 15) is 0 Å². The molecule has 0 saturated heterocycles. The van der Waals surface area contributed by atoms with Crippen LogP contribution in [0.1, 0.15) is 158 Å². The van der Waals surface area contributed by atoms with Crippen LogP contribution < -0.4 is 0 Å². The van der Waals surface area contributed by atoms with E-state index in [0.717, 1.165) is 0 Å². The number of hydrogen-bond donors (Lipinski definition) is 0. The van der Waals surface area contributed by atoms with Gasteiger partial charge in [-0.05, 0) is 258 Å². The van der Waals surface area contributed by atoms with Crippen LogP contribution in [0.15, 0.2) is 0 Å². The Morgan fingerprint density at radius 1 is 0.135 bits per heavy atom. The van der Waals surface area contributed by atoms with Gasteiger partial charge in [-0.3, -0.25) is 0 Å². The second kappa shape index (κ2) is 53.9. The third-order valence-electron chi connectivity index (χ3n) is 17.2. The molecule has 0 aliphatic heterocycles. The average Bonchev–Trinajstić information content (AvgIpc) is 0.912. The second-order valence-corrected chi connectivity index (χ2v) is 101. The van der Waals surface area contributed by atoms with Crippen molar-refractivity contribution in [3.05, 3.63) is 0 Å². The van der Waals surface area contributed by atoms with Crippen molar-refractivity contribution < 1.29 is 68.3 Å². The van der Waals surface area contributed by atoms with Gasteiger partial charge in [-0.25, -0.2) is 0 Å². The van der Waals surface area contributed by atoms with Crippen LogP contribution in [0.5, 0.6) is 0 Å². The van der Waals surface area contributed by atoms with Crippen LogP contribution in [0, 0.1) is 0 Å². The zero-order valence-corrected chi connectivity index (χ0v) is 93.2. The molecule has 0 amide bonds. The van der Waals surface area contributed by atoms with Gasteiger partial charge in [-0.1, -0.05) is 158 Å². The lowest BCUT2D eigenvalue weighted by molar-refractivity contribution is 0.160. The normalized spacial score (nSPS) is 14.1. The average molecular weight is 1760 g/mol. The molecule has 0 bridgehead atoms. The minimum absolute atomic E-state index is 0.605. The maximum atomic E-state index is 6.47. The maximum Gasteiger partial charge on any atom is 0.321 e. The lowest BCUT2D eigenvalue weighted by atomic mass is 10.4. The van der Waals surface area contributed by atoms with E-state index in [2.05, 4.69) is 265 Å². The molecule has 0 saturated carbocycles. The van der Waals surface area contributed by atoms with Gasteiger partial charge in [-0.2, -0.15) is 0 Å². The zero-order valence-electron chi connectivity index (χ0n) is 77.2. The van der Waals surface area contributed by atoms with Crippen molar-refractivity contribution in [1.82, 2.24) is 0 Å². The Hall–Kier alpha value is 2.83. The van der Waals surface area contributed by atoms with Crippen LogP contribution in [0.25, 0.3) is 0 Å². The molecule has 0 aliphatic rings. The lowest BCUT2D eigenvalue weighted by Gasteiger charge is -2.35. The Balaban J connectivity index is -0.000000641. The molecule has 0 N–H and O–H groups in total. The highest BCUT2D eigenvalue weighted by Crippen LogP contribution is 2.30. The fourth-order valence-corrected chi connectivity index (χ4v) is 75.1. The van der Waals surface area contributed by atoms with Gasteiger partial charge >= 0.3 is 68.5 Å². The van der Waals surface area contributed by atoms with E-state index in [1.165, 1.54) is 151 Å². The molecule has 0 atom stereocenters. The molecule has 0 radical (unpaired) electrons. The van der Waals surface area contributed by atoms with Crippen molar-refractivity contribution in [1.29, 1.82) is 0 Å². The Labute approximate surface area is 667 Å². The number of rotatable bonds is 60. The van der Waals surface area contributed by atoms with Crippen molar-refractivity contribution in [3.8, 4) is 0 Å². The largest absolute Gasteiger partial charge is 0.436 e. The summed E-state index contributed by atoms with van der Waals surface area (Å²) in [6, 6.07) is 9.71. The third kappa shape index (κ3) is 70.3. The topological polar surface area (TPSA) is 148 Å². The third-order valence-corrected chi connectivity index (χ3v) is 70.2. The van der Waals surface area contributed by atoms with Crippen molar-refractivity contribution in [2.45, 2.75) is 416 Å². The van der Waals surface area contributed by atoms with Crippen molar-refractivity contribution in [3.63, 3.8) is 0 Å². The Morgan fingerprint density at radius 2 is 0.212 bits per heavy atom. The Bertz CT molecular complexity index is 1690. The standard InChI is InChI=1S/4C18H46O4Si4/c4*1-11-13-17-23(3,4)21-25(7,8)19-15-16-20-26(9,10)22-24(5,6)18-14-12-2/h4*11-18H2,1-10H3. The van der Waals surface area contributed by atoms with Gasteiger partial charge in [0.2, 0.25) is 0 Å². The summed E-state index contributed by atoms with van der Waals surface area (Å²) in [6.07, 6.45) is 19.9. The van der Waals surface area contributed by atoms with Gasteiger partial charge in [0.25, 0.3) is 0 Å². The first-order valence-electron chi connectivity index (χ1n) is 41.7. The van der Waals surface area contributed by atoms with Gasteiger partial charge in [-0.15, -0.1) is 0 Å². The first kappa shape index (κ1) is 113. The van der Waals surface area contributed by atoms with Crippen LogP contribution in [0.2, 0.25) is 258 Å². The van der Waals surface area contributed by atoms with Crippen molar-refractivity contribution >= 4 is 135 Å². The van der Waals surface area contributed by atoms with Gasteiger partial charge in [0.15, 0.2) is 66.5 Å². The fourth-order valence-electron chi connectivity index (χ4n) is 13.1. The molecule has 0 heterocycles. The molecule has 0 aromatic heterocycles. The smallest absolute Gasteiger partial charge is 0.321 e. The Morgan fingerprint density at radius 3 is 0.279 bits per heavy atom. The molecule has 0 spiro atoms. The molecule has 0 fully saturated rings. The van der Waals surface area contributed by atoms with Crippen molar-refractivity contribution in [2.75, 3.05) is 52.9 Å². The molecule has 104 heavy (non-hydrogen) atoms. The first-order valence-corrected chi connectivity index (χ1v) is 89.1. The highest BCUT2D eigenvalue weighted by molar-refractivity contribution is 6.86. The molecule has 16 nitrogen and oxygen atoms in total. The van der Waals surface area contributed by atoms with E-state index >= 15 is 0 Å². The molecule has 0 unspecified atom stereocenters. The summed E-state index contributed by atoms with van der Waals surface area (Å²) in [5.41, 5.74) is 0. The molecule has 0 rings (SSSR count). The highest BCUT2D eigenvalue weighted by Gasteiger charge is 2.42. The summed E-state index contributed by atoms with van der Waals surface area (Å²) in [6.45, 7) is 94.3. The minimum atomic E-state index is -2.08. The summed E-state index contributed by atoms with van der Waals surface area (Å²) >= 11 is 0. The molecule has 32 heteroatoms. The van der Waals surface area contributed by atoms with E-state index in [0.29, 0.717) is 52.9 Å². The quantitative estimate of drug-likeness (QED) is 0.0420. The van der Waals surface area contributed by atoms with Gasteiger partial charge in [0, 0.05) is 0 Å². The maximum absolute atomic E-state index is 6.47. The van der Waals surface area contributed by atoms with E-state index in [1.54, 1.807) is 0 Å². The van der Waals surface area contributed by atoms with E-state index in [-0.39, 0.29) is 0 Å². The molecule has 0 aromatic rings. The summed E-state index contributed by atoms with van der Waals surface area (Å²) in [5, 5.41) is 0. The van der Waals surface area contributed by atoms with E-state index in [4.69, 9.17) is 68.3 Å². The van der Waals surface area contributed by atoms with Crippen LogP contribution in [0.3, 0.4) is 0 Å². The van der Waals surface area contributed by atoms with Crippen LogP contribution in [0.4, 0.5) is 0 Å². The highest BCUT2D eigenvalue weighted by atomic mass is 28.5. The first-order chi connectivity index (χ1) is 47.0. The van der Waals surface area contributed by atoms with E-state index in [1.807, 2.05) is 0 Å². The zero-order chi connectivity index (χ0) is 81.9. The number of unbranched alkanes of at least 4 members (excludes halogenated alkanes) is 8. The SMILES string of the molecule is CCCC[Si](C)(C)O[Si](C)(C)OCCO[Si](C)(C)O[Si](C)(C)CCCC.CCCC[Si](C)(C)O[Si](C)(C)OCCO[Si](C)(C)O[Si](C)(C)CCCC.CCCC[Si](C)(C)O[Si](C)(C)OCCO[Si](C)(C)O[Si](C)(C)CCCC.CCCC[Si](C)(C)O[Si](C)(C)OCCO[Si](C)(C)O[Si](C)(C)CCCC. The van der Waals surface area contributed by atoms with E-state index < -0.39 is 135 Å². The molecular formula is C72H184O16Si16. The predicted molar refractivity (Wildman–Crippen MR) is 494 cm³/mol. The molecule has 0 aliphatic carbocycles. The van der Waals surface area contributed by atoms with Gasteiger partial charge < -0.3 is 68.3 Å². The summed E-state index contributed by atoms with van der Waals surface area (Å²) < 4.78 is 101. The minimum Gasteiger partial charge on any atom is -0.436 e. The predicted octanol–water partition coefficient (Wildman–Crippen LogP) is 25.9. The van der Waals surface area contributed by atoms with Crippen LogP contribution >= 0.6 is 0 Å². The fraction of sp³-hybridized carbons (Fsp3) is 1.00. The van der Waals surface area contributed by atoms with Crippen LogP contribution in [-0.2, 0) is 68.3 Å². The summed E-state index contributed by atoms with van der Waals surface area (Å²) in [5.74, 6) is 0. The van der Waals surface area contributed by atoms with Gasteiger partial charge in [0.1, 0.15) is 0 Å². The summed E-state index contributed by atoms with van der Waals surface area (Å²) in [7, 11) is -29.6. The number of hydrogen-bond acceptors (Lipinski definition) is 16. The van der Waals surface area contributed by atoms with Crippen LogP contribution in [-0.4, -0.2) is 188 Å². The second-order valence-electron chi connectivity index (χ2n) is 37.7. The van der Waals surface area contributed by atoms with Gasteiger partial charge in [0.05, 0.1) is 52.9 Å². The van der Waals surface area contributed by atoms with Crippen molar-refractivity contribution in [2.24, 2.45) is 0 Å². The molecular weight excluding hydrogens is 1570 g/mol. The Kier molecular flexibility index (Phi) is 58.7. The molecule has 632 valence electrons. The lowest BCUT2D eigenvalue weighted by Crippen LogP contribution is -2.48.